The highest BCUT2D eigenvalue weighted by Gasteiger charge is 2.31. The van der Waals surface area contributed by atoms with Gasteiger partial charge in [-0.3, -0.25) is 4.57 Å². The van der Waals surface area contributed by atoms with Crippen LogP contribution in [-0.2, 0) is 6.42 Å². The molecule has 0 aliphatic carbocycles. The molecule has 0 fully saturated rings. The largest absolute Gasteiger partial charge is 0.573 e. The lowest BCUT2D eigenvalue weighted by Crippen LogP contribution is -2.32. The van der Waals surface area contributed by atoms with E-state index in [2.05, 4.69) is 51.1 Å². The number of halogens is 3. The predicted octanol–water partition coefficient (Wildman–Crippen LogP) is 7.63. The number of carbonyl (C=O) groups excluding carboxylic acids is 1. The van der Waals surface area contributed by atoms with Gasteiger partial charge in [0.2, 0.25) is 0 Å². The number of ether oxygens (including phenoxy) is 1. The van der Waals surface area contributed by atoms with E-state index >= 15 is 0 Å². The van der Waals surface area contributed by atoms with Gasteiger partial charge >= 0.3 is 12.4 Å². The van der Waals surface area contributed by atoms with Crippen LogP contribution < -0.4 is 14.9 Å². The average Bonchev–Trinajstić information content (AvgIpc) is 3.61. The minimum Gasteiger partial charge on any atom is -0.406 e. The molecule has 0 spiro atoms. The van der Waals surface area contributed by atoms with Crippen LogP contribution in [-0.4, -0.2) is 37.8 Å². The molecule has 1 unspecified atom stereocenters. The molecule has 5 aromatic rings. The van der Waals surface area contributed by atoms with Gasteiger partial charge in [-0.15, -0.1) is 29.6 Å². The number of nitrogens with zero attached hydrogens (tertiary/aromatic N) is 5. The number of aromatic nitrogens is 4. The Morgan fingerprint density at radius 1 is 1.02 bits per heavy atom. The van der Waals surface area contributed by atoms with Gasteiger partial charge in [0, 0.05) is 22.7 Å². The van der Waals surface area contributed by atoms with Crippen molar-refractivity contribution < 1.29 is 22.7 Å². The maximum Gasteiger partial charge on any atom is 0.573 e. The van der Waals surface area contributed by atoms with Crippen LogP contribution in [0.3, 0.4) is 0 Å². The van der Waals surface area contributed by atoms with Crippen molar-refractivity contribution in [3.05, 3.63) is 106 Å². The molecule has 1 atom stereocenters. The lowest BCUT2D eigenvalue weighted by Gasteiger charge is -2.14. The average molecular weight is 635 g/mol. The Labute approximate surface area is 262 Å². The maximum atomic E-state index is 12.8. The third-order valence-electron chi connectivity index (χ3n) is 7.25. The zero-order valence-electron chi connectivity index (χ0n) is 25.3. The molecule has 0 aliphatic heterocycles. The minimum absolute atomic E-state index is 0.0440. The van der Waals surface area contributed by atoms with Gasteiger partial charge in [0.15, 0.2) is 10.6 Å². The molecule has 45 heavy (non-hydrogen) atoms. The van der Waals surface area contributed by atoms with Gasteiger partial charge in [0.05, 0.1) is 11.4 Å². The van der Waals surface area contributed by atoms with E-state index in [4.69, 9.17) is 0 Å². The van der Waals surface area contributed by atoms with Gasteiger partial charge in [0.25, 0.3) is 0 Å². The van der Waals surface area contributed by atoms with E-state index in [1.807, 2.05) is 54.1 Å². The molecule has 0 saturated carbocycles. The third kappa shape index (κ3) is 8.07. The minimum atomic E-state index is -4.74. The molecule has 5 rings (SSSR count). The SMILES string of the molecule is Cc1cccc(C)c1-n1c(C)csc1=NC(=O)NC(C)CCCc1ccc(-c2ncn(-c3ccc(OC(F)(F)F)cc3)n2)cc1. The van der Waals surface area contributed by atoms with Crippen LogP contribution in [0.15, 0.2) is 83.4 Å². The van der Waals surface area contributed by atoms with Crippen molar-refractivity contribution in [1.29, 1.82) is 0 Å². The summed E-state index contributed by atoms with van der Waals surface area (Å²) in [6.45, 7) is 8.11. The second-order valence-electron chi connectivity index (χ2n) is 10.8. The van der Waals surface area contributed by atoms with E-state index in [0.717, 1.165) is 52.9 Å². The number of hydrogen-bond donors (Lipinski definition) is 1. The Balaban J connectivity index is 1.13. The van der Waals surface area contributed by atoms with E-state index in [0.29, 0.717) is 16.3 Å². The lowest BCUT2D eigenvalue weighted by molar-refractivity contribution is -0.274. The molecule has 234 valence electrons. The van der Waals surface area contributed by atoms with Gasteiger partial charge in [0.1, 0.15) is 12.1 Å². The fourth-order valence-electron chi connectivity index (χ4n) is 5.06. The first-order chi connectivity index (χ1) is 21.5. The quantitative estimate of drug-likeness (QED) is 0.181. The smallest absolute Gasteiger partial charge is 0.406 e. The second-order valence-corrected chi connectivity index (χ2v) is 11.7. The number of thiazole rings is 1. The molecule has 2 aromatic heterocycles. The van der Waals surface area contributed by atoms with Crippen LogP contribution in [0.1, 0.15) is 42.1 Å². The molecule has 3 aromatic carbocycles. The van der Waals surface area contributed by atoms with Crippen molar-refractivity contribution in [2.24, 2.45) is 4.99 Å². The molecule has 0 bridgehead atoms. The molecule has 8 nitrogen and oxygen atoms in total. The zero-order chi connectivity index (χ0) is 32.1. The van der Waals surface area contributed by atoms with Crippen molar-refractivity contribution in [3.63, 3.8) is 0 Å². The number of rotatable bonds is 9. The molecular formula is C33H33F3N6O2S. The molecule has 0 saturated heterocycles. The fourth-order valence-corrected chi connectivity index (χ4v) is 5.91. The Morgan fingerprint density at radius 2 is 1.71 bits per heavy atom. The highest BCUT2D eigenvalue weighted by molar-refractivity contribution is 7.07. The normalized spacial score (nSPS) is 12.7. The predicted molar refractivity (Wildman–Crippen MR) is 168 cm³/mol. The lowest BCUT2D eigenvalue weighted by atomic mass is 10.0. The van der Waals surface area contributed by atoms with E-state index in [1.165, 1.54) is 46.6 Å². The number of urea groups is 1. The monoisotopic (exact) mass is 634 g/mol. The summed E-state index contributed by atoms with van der Waals surface area (Å²) < 4.78 is 44.7. The third-order valence-corrected chi connectivity index (χ3v) is 8.19. The summed E-state index contributed by atoms with van der Waals surface area (Å²) >= 11 is 1.45. The van der Waals surface area contributed by atoms with Crippen LogP contribution in [0.25, 0.3) is 22.8 Å². The molecule has 0 aliphatic rings. The Bertz CT molecular complexity index is 1820. The van der Waals surface area contributed by atoms with Gasteiger partial charge in [-0.2, -0.15) is 4.99 Å². The number of aryl methyl sites for hydroxylation is 4. The van der Waals surface area contributed by atoms with Crippen molar-refractivity contribution >= 4 is 17.4 Å². The standard InChI is InChI=1S/C33H33F3N6O2S/c1-21-7-5-8-22(2)29(21)42-24(4)19-45-32(42)39-31(43)38-23(3)9-6-10-25-11-13-26(14-12-25)30-37-20-41(40-30)27-15-17-28(18-16-27)44-33(34,35)36/h5,7-8,11-20,23H,6,9-10H2,1-4H3,(H,38,43). The first-order valence-corrected chi connectivity index (χ1v) is 15.3. The molecule has 0 radical (unpaired) electrons. The summed E-state index contributed by atoms with van der Waals surface area (Å²) in [5, 5.41) is 9.46. The highest BCUT2D eigenvalue weighted by Crippen LogP contribution is 2.24. The second kappa shape index (κ2) is 13.5. The number of para-hydroxylation sites is 1. The van der Waals surface area contributed by atoms with Crippen molar-refractivity contribution in [1.82, 2.24) is 24.6 Å². The van der Waals surface area contributed by atoms with Crippen LogP contribution in [0.4, 0.5) is 18.0 Å². The number of hydrogen-bond acceptors (Lipinski definition) is 5. The first kappa shape index (κ1) is 31.7. The van der Waals surface area contributed by atoms with Crippen molar-refractivity contribution in [2.75, 3.05) is 0 Å². The summed E-state index contributed by atoms with van der Waals surface area (Å²) in [5.41, 5.74) is 6.85. The fraction of sp³-hybridized carbons (Fsp3) is 0.273. The van der Waals surface area contributed by atoms with Gasteiger partial charge in [-0.1, -0.05) is 42.5 Å². The summed E-state index contributed by atoms with van der Waals surface area (Å²) in [4.78, 5) is 22.2. The number of amides is 2. The van der Waals surface area contributed by atoms with E-state index in [-0.39, 0.29) is 17.8 Å². The first-order valence-electron chi connectivity index (χ1n) is 14.4. The molecular weight excluding hydrogens is 601 g/mol. The number of carbonyl (C=O) groups is 1. The van der Waals surface area contributed by atoms with Crippen molar-refractivity contribution in [3.8, 4) is 28.5 Å². The summed E-state index contributed by atoms with van der Waals surface area (Å²) in [7, 11) is 0. The Kier molecular flexibility index (Phi) is 9.52. The van der Waals surface area contributed by atoms with Crippen LogP contribution in [0.2, 0.25) is 0 Å². The topological polar surface area (TPSA) is 86.3 Å². The van der Waals surface area contributed by atoms with Crippen LogP contribution in [0, 0.1) is 20.8 Å². The van der Waals surface area contributed by atoms with Crippen molar-refractivity contribution in [2.45, 2.75) is 59.4 Å². The number of nitrogens with one attached hydrogen (secondary N) is 1. The van der Waals surface area contributed by atoms with E-state index in [1.54, 1.807) is 0 Å². The zero-order valence-corrected chi connectivity index (χ0v) is 26.1. The Hall–Kier alpha value is -4.71. The molecule has 2 heterocycles. The van der Waals surface area contributed by atoms with Gasteiger partial charge in [-0.05, 0) is 87.9 Å². The van der Waals surface area contributed by atoms with Gasteiger partial charge in [-0.25, -0.2) is 14.5 Å². The van der Waals surface area contributed by atoms with E-state index in [9.17, 15) is 18.0 Å². The van der Waals surface area contributed by atoms with Crippen LogP contribution in [0.5, 0.6) is 5.75 Å². The summed E-state index contributed by atoms with van der Waals surface area (Å²) in [6, 6.07) is 19.1. The maximum absolute atomic E-state index is 12.8. The number of alkyl halides is 3. The molecule has 2 amide bonds. The Morgan fingerprint density at radius 3 is 2.38 bits per heavy atom. The molecule has 1 N–H and O–H groups in total. The van der Waals surface area contributed by atoms with Crippen LogP contribution >= 0.6 is 11.3 Å². The number of benzene rings is 3. The molecule has 12 heteroatoms. The summed E-state index contributed by atoms with van der Waals surface area (Å²) in [6.07, 6.45) is -0.728. The highest BCUT2D eigenvalue weighted by atomic mass is 32.1. The van der Waals surface area contributed by atoms with E-state index < -0.39 is 6.36 Å². The summed E-state index contributed by atoms with van der Waals surface area (Å²) in [5.74, 6) is 0.196. The van der Waals surface area contributed by atoms with Gasteiger partial charge < -0.3 is 10.1 Å².